The zero-order chi connectivity index (χ0) is 8.43. The van der Waals surface area contributed by atoms with Crippen LogP contribution in [-0.4, -0.2) is 9.97 Å². The fourth-order valence-corrected chi connectivity index (χ4v) is 0.718. The van der Waals surface area contributed by atoms with Gasteiger partial charge in [0.1, 0.15) is 18.2 Å². The van der Waals surface area contributed by atoms with Crippen LogP contribution in [0, 0.1) is 12.7 Å². The van der Waals surface area contributed by atoms with Crippen molar-refractivity contribution in [2.24, 2.45) is 0 Å². The van der Waals surface area contributed by atoms with E-state index in [1.54, 1.807) is 0 Å². The first-order valence-corrected chi connectivity index (χ1v) is 2.96. The van der Waals surface area contributed by atoms with Crippen LogP contribution >= 0.6 is 0 Å². The summed E-state index contributed by atoms with van der Waals surface area (Å²) >= 11 is 0. The van der Waals surface area contributed by atoms with Crippen molar-refractivity contribution in [1.82, 2.24) is 9.97 Å². The molecule has 1 aromatic rings. The van der Waals surface area contributed by atoms with E-state index in [1.165, 1.54) is 6.92 Å². The van der Waals surface area contributed by atoms with E-state index in [-0.39, 0.29) is 5.82 Å². The second kappa shape index (κ2) is 2.77. The van der Waals surface area contributed by atoms with Gasteiger partial charge < -0.3 is 4.98 Å². The first kappa shape index (κ1) is 7.84. The molecule has 0 saturated heterocycles. The summed E-state index contributed by atoms with van der Waals surface area (Å²) in [4.78, 5) is 16.1. The minimum absolute atomic E-state index is 0.212. The van der Waals surface area contributed by atoms with Gasteiger partial charge in [0.2, 0.25) is 5.82 Å². The molecule has 0 unspecified atom stereocenters. The smallest absolute Gasteiger partial charge is 0.287 e. The first-order valence-electron chi connectivity index (χ1n) is 2.96. The van der Waals surface area contributed by atoms with Gasteiger partial charge in [0, 0.05) is 0 Å². The average molecular weight is 160 g/mol. The maximum Gasteiger partial charge on any atom is 0.287 e. The lowest BCUT2D eigenvalue weighted by atomic mass is 10.4. The summed E-state index contributed by atoms with van der Waals surface area (Å²) in [6, 6.07) is 0. The third kappa shape index (κ3) is 1.42. The second-order valence-electron chi connectivity index (χ2n) is 2.05. The van der Waals surface area contributed by atoms with Crippen LogP contribution in [0.2, 0.25) is 0 Å². The van der Waals surface area contributed by atoms with E-state index in [0.29, 0.717) is 0 Å². The highest BCUT2D eigenvalue weighted by Gasteiger charge is 2.07. The molecule has 0 saturated carbocycles. The molecule has 3 nitrogen and oxygen atoms in total. The van der Waals surface area contributed by atoms with Crippen LogP contribution in [0.15, 0.2) is 4.79 Å². The summed E-state index contributed by atoms with van der Waals surface area (Å²) in [5.74, 6) is -0.929. The van der Waals surface area contributed by atoms with E-state index < -0.39 is 23.7 Å². The molecule has 0 amide bonds. The lowest BCUT2D eigenvalue weighted by Gasteiger charge is -1.96. The predicted octanol–water partition coefficient (Wildman–Crippen LogP) is 0.687. The van der Waals surface area contributed by atoms with Crippen molar-refractivity contribution in [2.45, 2.75) is 13.6 Å². The minimum atomic E-state index is -1.14. The summed E-state index contributed by atoms with van der Waals surface area (Å²) < 4.78 is 24.4. The Labute approximate surface area is 61.1 Å². The minimum Gasteiger partial charge on any atom is -0.308 e. The Morgan fingerprint density at radius 2 is 2.27 bits per heavy atom. The number of nitrogens with zero attached hydrogens (tertiary/aromatic N) is 1. The van der Waals surface area contributed by atoms with E-state index in [2.05, 4.69) is 9.97 Å². The average Bonchev–Trinajstić information content (AvgIpc) is 1.96. The molecule has 0 fully saturated rings. The molecule has 0 atom stereocenters. The van der Waals surface area contributed by atoms with Gasteiger partial charge >= 0.3 is 0 Å². The van der Waals surface area contributed by atoms with Crippen molar-refractivity contribution in [3.63, 3.8) is 0 Å². The fraction of sp³-hybridized carbons (Fsp3) is 0.333. The zero-order valence-electron chi connectivity index (χ0n) is 5.82. The number of nitrogens with one attached hydrogen (secondary N) is 1. The Balaban J connectivity index is 3.36. The summed E-state index contributed by atoms with van der Waals surface area (Å²) in [6.07, 6.45) is 0. The van der Waals surface area contributed by atoms with E-state index in [0.717, 1.165) is 0 Å². The van der Waals surface area contributed by atoms with Gasteiger partial charge in [0.05, 0.1) is 0 Å². The van der Waals surface area contributed by atoms with Crippen LogP contribution < -0.4 is 5.56 Å². The summed E-state index contributed by atoms with van der Waals surface area (Å²) in [5, 5.41) is 0. The molecule has 0 bridgehead atoms. The van der Waals surface area contributed by atoms with Gasteiger partial charge in [-0.1, -0.05) is 0 Å². The molecule has 1 rings (SSSR count). The van der Waals surface area contributed by atoms with Crippen LogP contribution in [0.1, 0.15) is 11.5 Å². The molecule has 1 heterocycles. The number of halogens is 2. The number of aryl methyl sites for hydroxylation is 1. The van der Waals surface area contributed by atoms with Crippen molar-refractivity contribution in [3.05, 3.63) is 27.7 Å². The third-order valence-electron chi connectivity index (χ3n) is 1.18. The molecule has 60 valence electrons. The van der Waals surface area contributed by atoms with Gasteiger partial charge in [0.25, 0.3) is 5.56 Å². The third-order valence-corrected chi connectivity index (χ3v) is 1.18. The molecular weight excluding hydrogens is 154 g/mol. The molecule has 0 spiro atoms. The van der Waals surface area contributed by atoms with Crippen molar-refractivity contribution in [1.29, 1.82) is 0 Å². The molecule has 0 aliphatic rings. The van der Waals surface area contributed by atoms with Crippen LogP contribution in [0.4, 0.5) is 8.78 Å². The molecule has 0 aliphatic heterocycles. The van der Waals surface area contributed by atoms with Crippen LogP contribution in [0.5, 0.6) is 0 Å². The molecule has 5 heteroatoms. The monoisotopic (exact) mass is 160 g/mol. The van der Waals surface area contributed by atoms with Gasteiger partial charge in [-0.05, 0) is 6.92 Å². The summed E-state index contributed by atoms with van der Waals surface area (Å²) in [6.45, 7) is 0.399. The highest BCUT2D eigenvalue weighted by Crippen LogP contribution is 1.99. The van der Waals surface area contributed by atoms with Gasteiger partial charge in [-0.25, -0.2) is 9.37 Å². The van der Waals surface area contributed by atoms with Crippen molar-refractivity contribution >= 4 is 0 Å². The number of aromatic amines is 1. The maximum atomic E-state index is 12.5. The van der Waals surface area contributed by atoms with E-state index in [4.69, 9.17) is 0 Å². The maximum absolute atomic E-state index is 12.5. The fourth-order valence-electron chi connectivity index (χ4n) is 0.718. The Morgan fingerprint density at radius 3 is 2.82 bits per heavy atom. The van der Waals surface area contributed by atoms with E-state index >= 15 is 0 Å². The van der Waals surface area contributed by atoms with Crippen LogP contribution in [0.25, 0.3) is 0 Å². The highest BCUT2D eigenvalue weighted by atomic mass is 19.1. The normalized spacial score (nSPS) is 10.1. The zero-order valence-corrected chi connectivity index (χ0v) is 5.82. The van der Waals surface area contributed by atoms with Crippen molar-refractivity contribution < 1.29 is 8.78 Å². The van der Waals surface area contributed by atoms with Gasteiger partial charge in [-0.15, -0.1) is 0 Å². The molecule has 0 aromatic carbocycles. The van der Waals surface area contributed by atoms with Gasteiger partial charge in [-0.2, -0.15) is 4.39 Å². The molecule has 0 aliphatic carbocycles. The van der Waals surface area contributed by atoms with Gasteiger partial charge in [0.15, 0.2) is 0 Å². The van der Waals surface area contributed by atoms with E-state index in [9.17, 15) is 13.6 Å². The number of aromatic nitrogens is 2. The number of hydrogen-bond acceptors (Lipinski definition) is 2. The first-order chi connectivity index (χ1) is 5.15. The number of rotatable bonds is 1. The number of H-pyrrole nitrogens is 1. The molecular formula is C6H6F2N2O. The molecule has 1 aromatic heterocycles. The standard InChI is InChI=1S/C6H6F2N2O/c1-3-9-4(2-7)5(8)6(11)10-3/h2H2,1H3,(H,9,10,11). The second-order valence-corrected chi connectivity index (χ2v) is 2.05. The molecule has 0 radical (unpaired) electrons. The van der Waals surface area contributed by atoms with Crippen LogP contribution in [0.3, 0.4) is 0 Å². The summed E-state index contributed by atoms with van der Waals surface area (Å²) in [7, 11) is 0. The predicted molar refractivity (Wildman–Crippen MR) is 34.4 cm³/mol. The summed E-state index contributed by atoms with van der Waals surface area (Å²) in [5.41, 5.74) is -1.36. The van der Waals surface area contributed by atoms with Crippen molar-refractivity contribution in [2.75, 3.05) is 0 Å². The lowest BCUT2D eigenvalue weighted by Crippen LogP contribution is -2.16. The molecule has 11 heavy (non-hydrogen) atoms. The Hall–Kier alpha value is -1.26. The Kier molecular flexibility index (Phi) is 1.98. The van der Waals surface area contributed by atoms with E-state index in [1.807, 2.05) is 0 Å². The number of alkyl halides is 1. The molecule has 1 N–H and O–H groups in total. The Bertz CT molecular complexity index is 321. The largest absolute Gasteiger partial charge is 0.308 e. The lowest BCUT2D eigenvalue weighted by molar-refractivity contribution is 0.445. The van der Waals surface area contributed by atoms with Crippen molar-refractivity contribution in [3.8, 4) is 0 Å². The number of hydrogen-bond donors (Lipinski definition) is 1. The Morgan fingerprint density at radius 1 is 1.64 bits per heavy atom. The quantitative estimate of drug-likeness (QED) is 0.656. The topological polar surface area (TPSA) is 45.8 Å². The van der Waals surface area contributed by atoms with Gasteiger partial charge in [-0.3, -0.25) is 4.79 Å². The van der Waals surface area contributed by atoms with Crippen LogP contribution in [-0.2, 0) is 6.67 Å². The SMILES string of the molecule is Cc1nc(CF)c(F)c(=O)[nH]1. The highest BCUT2D eigenvalue weighted by molar-refractivity contribution is 5.03.